The second-order valence-electron chi connectivity index (χ2n) is 5.36. The molecule has 0 saturated carbocycles. The number of esters is 1. The molecule has 2 aliphatic heterocycles. The number of rotatable bonds is 0. The lowest BCUT2D eigenvalue weighted by molar-refractivity contribution is -0.145. The topological polar surface area (TPSA) is 44.1 Å². The standard InChI is InChI=1S/C16H12N2O2S/c1-8-3-11-6-18-13(15(11)17-9(8)2)4-10-5-14(19)20-7-12(10)16(18)21/h3-4H,1-2,5-7H2. The van der Waals surface area contributed by atoms with Gasteiger partial charge in [-0.3, -0.25) is 4.79 Å². The van der Waals surface area contributed by atoms with E-state index in [9.17, 15) is 4.79 Å². The van der Waals surface area contributed by atoms with Gasteiger partial charge in [0.15, 0.2) is 0 Å². The third-order valence-corrected chi connectivity index (χ3v) is 4.51. The van der Waals surface area contributed by atoms with Gasteiger partial charge in [0.05, 0.1) is 29.7 Å². The van der Waals surface area contributed by atoms with Gasteiger partial charge in [0.1, 0.15) is 11.2 Å². The fourth-order valence-electron chi connectivity index (χ4n) is 2.92. The number of cyclic esters (lactones) is 1. The van der Waals surface area contributed by atoms with Gasteiger partial charge in [0.25, 0.3) is 0 Å². The van der Waals surface area contributed by atoms with Gasteiger partial charge in [-0.25, -0.2) is 4.98 Å². The zero-order chi connectivity index (χ0) is 14.7. The van der Waals surface area contributed by atoms with Crippen LogP contribution in [0, 0.1) is 4.64 Å². The van der Waals surface area contributed by atoms with Crippen molar-refractivity contribution in [2.45, 2.75) is 19.6 Å². The molecule has 0 N–H and O–H groups in total. The molecule has 4 nitrogen and oxygen atoms in total. The van der Waals surface area contributed by atoms with Crippen LogP contribution in [-0.4, -0.2) is 15.5 Å². The first kappa shape index (κ1) is 12.5. The number of ether oxygens (including phenoxy) is 1. The van der Waals surface area contributed by atoms with Crippen molar-refractivity contribution in [3.8, 4) is 11.4 Å². The number of nitrogens with zero attached hydrogens (tertiary/aromatic N) is 2. The minimum absolute atomic E-state index is 0.209. The fraction of sp³-hybridized carbons (Fsp3) is 0.188. The minimum atomic E-state index is -0.209. The lowest BCUT2D eigenvalue weighted by atomic mass is 10.0. The Morgan fingerprint density at radius 1 is 1.29 bits per heavy atom. The molecule has 0 bridgehead atoms. The predicted molar refractivity (Wildman–Crippen MR) is 81.4 cm³/mol. The summed E-state index contributed by atoms with van der Waals surface area (Å²) in [6, 6.07) is 4.01. The zero-order valence-electron chi connectivity index (χ0n) is 11.3. The molecule has 2 aromatic heterocycles. The van der Waals surface area contributed by atoms with Crippen LogP contribution in [0.5, 0.6) is 0 Å². The molecular formula is C16H12N2O2S. The maximum absolute atomic E-state index is 11.5. The maximum atomic E-state index is 11.5. The minimum Gasteiger partial charge on any atom is -0.460 e. The van der Waals surface area contributed by atoms with E-state index in [2.05, 4.69) is 18.1 Å². The molecule has 0 atom stereocenters. The molecule has 4 rings (SSSR count). The second kappa shape index (κ2) is 4.11. The Kier molecular flexibility index (Phi) is 2.44. The highest BCUT2D eigenvalue weighted by atomic mass is 32.1. The Morgan fingerprint density at radius 2 is 2.10 bits per heavy atom. The molecule has 0 saturated heterocycles. The van der Waals surface area contributed by atoms with E-state index < -0.39 is 0 Å². The van der Waals surface area contributed by atoms with Crippen LogP contribution in [0.3, 0.4) is 0 Å². The third-order valence-electron chi connectivity index (χ3n) is 4.05. The Balaban J connectivity index is 2.03. The summed E-state index contributed by atoms with van der Waals surface area (Å²) >= 11 is 5.57. The molecule has 2 aliphatic rings. The van der Waals surface area contributed by atoms with Crippen LogP contribution in [0.1, 0.15) is 16.7 Å². The van der Waals surface area contributed by atoms with Crippen molar-refractivity contribution >= 4 is 31.3 Å². The van der Waals surface area contributed by atoms with Crippen molar-refractivity contribution in [2.24, 2.45) is 0 Å². The number of aromatic nitrogens is 2. The van der Waals surface area contributed by atoms with E-state index in [-0.39, 0.29) is 19.0 Å². The number of carbonyl (C=O) groups is 1. The van der Waals surface area contributed by atoms with Gasteiger partial charge in [-0.15, -0.1) is 0 Å². The van der Waals surface area contributed by atoms with Crippen LogP contribution in [0.15, 0.2) is 12.1 Å². The summed E-state index contributed by atoms with van der Waals surface area (Å²) < 4.78 is 7.88. The number of hydrogen-bond donors (Lipinski definition) is 0. The van der Waals surface area contributed by atoms with Crippen LogP contribution in [-0.2, 0) is 29.1 Å². The fourth-order valence-corrected chi connectivity index (χ4v) is 3.27. The highest BCUT2D eigenvalue weighted by Gasteiger charge is 2.26. The average Bonchev–Trinajstić information content (AvgIpc) is 2.78. The number of hydrogen-bond acceptors (Lipinski definition) is 4. The first-order valence-corrected chi connectivity index (χ1v) is 7.05. The predicted octanol–water partition coefficient (Wildman–Crippen LogP) is 1.06. The quantitative estimate of drug-likeness (QED) is 0.460. The molecule has 4 heterocycles. The maximum Gasteiger partial charge on any atom is 0.310 e. The summed E-state index contributed by atoms with van der Waals surface area (Å²) in [5, 5.41) is 1.50. The summed E-state index contributed by atoms with van der Waals surface area (Å²) in [6.07, 6.45) is 0.271. The Morgan fingerprint density at radius 3 is 2.90 bits per heavy atom. The Labute approximate surface area is 126 Å². The number of fused-ring (bicyclic) bond motifs is 4. The van der Waals surface area contributed by atoms with Crippen LogP contribution in [0.4, 0.5) is 0 Å². The normalized spacial score (nSPS) is 15.1. The average molecular weight is 296 g/mol. The van der Waals surface area contributed by atoms with Gasteiger partial charge in [-0.1, -0.05) is 25.4 Å². The van der Waals surface area contributed by atoms with Crippen LogP contribution >= 0.6 is 12.2 Å². The summed E-state index contributed by atoms with van der Waals surface area (Å²) in [4.78, 5) is 16.0. The van der Waals surface area contributed by atoms with Crippen molar-refractivity contribution in [1.82, 2.24) is 9.55 Å². The van der Waals surface area contributed by atoms with Gasteiger partial charge in [0.2, 0.25) is 0 Å². The number of pyridine rings is 2. The van der Waals surface area contributed by atoms with Crippen molar-refractivity contribution < 1.29 is 9.53 Å². The summed E-state index contributed by atoms with van der Waals surface area (Å²) in [7, 11) is 0. The number of carbonyl (C=O) groups excluding carboxylic acids is 1. The SMILES string of the molecule is C=c1cc2c(nc1=C)-c1cc3c(c(=S)n1C2)COC(=O)C3. The first-order chi connectivity index (χ1) is 10.0. The van der Waals surface area contributed by atoms with Crippen LogP contribution in [0.25, 0.3) is 24.5 Å². The monoisotopic (exact) mass is 296 g/mol. The molecular weight excluding hydrogens is 284 g/mol. The van der Waals surface area contributed by atoms with Gasteiger partial charge in [0, 0.05) is 11.1 Å². The molecule has 2 aromatic rings. The van der Waals surface area contributed by atoms with Crippen molar-refractivity contribution in [2.75, 3.05) is 0 Å². The molecule has 5 heteroatoms. The lowest BCUT2D eigenvalue weighted by Gasteiger charge is -2.18. The van der Waals surface area contributed by atoms with Crippen molar-refractivity contribution in [3.63, 3.8) is 0 Å². The van der Waals surface area contributed by atoms with E-state index in [0.29, 0.717) is 11.9 Å². The van der Waals surface area contributed by atoms with E-state index in [1.54, 1.807) is 0 Å². The van der Waals surface area contributed by atoms with Gasteiger partial charge >= 0.3 is 5.97 Å². The third kappa shape index (κ3) is 1.70. The summed E-state index contributed by atoms with van der Waals surface area (Å²) in [5.41, 5.74) is 4.81. The molecule has 0 amide bonds. The summed E-state index contributed by atoms with van der Waals surface area (Å²) in [5.74, 6) is -0.209. The van der Waals surface area contributed by atoms with E-state index >= 15 is 0 Å². The molecule has 0 unspecified atom stereocenters. The molecule has 0 spiro atoms. The lowest BCUT2D eigenvalue weighted by Crippen LogP contribution is -2.26. The molecule has 0 aromatic carbocycles. The van der Waals surface area contributed by atoms with Crippen LogP contribution in [0.2, 0.25) is 0 Å². The molecule has 0 radical (unpaired) electrons. The van der Waals surface area contributed by atoms with E-state index in [1.165, 1.54) is 0 Å². The second-order valence-corrected chi connectivity index (χ2v) is 5.75. The van der Waals surface area contributed by atoms with Gasteiger partial charge in [-0.05, 0) is 22.9 Å². The molecule has 0 fully saturated rings. The largest absolute Gasteiger partial charge is 0.460 e. The smallest absolute Gasteiger partial charge is 0.310 e. The molecule has 104 valence electrons. The highest BCUT2D eigenvalue weighted by molar-refractivity contribution is 7.71. The molecule has 0 aliphatic carbocycles. The molecule has 21 heavy (non-hydrogen) atoms. The first-order valence-electron chi connectivity index (χ1n) is 6.64. The Hall–Kier alpha value is -2.27. The van der Waals surface area contributed by atoms with Crippen LogP contribution < -0.4 is 10.6 Å². The van der Waals surface area contributed by atoms with Gasteiger partial charge < -0.3 is 9.30 Å². The van der Waals surface area contributed by atoms with E-state index in [0.717, 1.165) is 37.9 Å². The van der Waals surface area contributed by atoms with Gasteiger partial charge in [-0.2, -0.15) is 0 Å². The van der Waals surface area contributed by atoms with E-state index in [1.807, 2.05) is 16.7 Å². The Bertz CT molecular complexity index is 975. The van der Waals surface area contributed by atoms with E-state index in [4.69, 9.17) is 17.0 Å². The highest BCUT2D eigenvalue weighted by Crippen LogP contribution is 2.32. The zero-order valence-corrected chi connectivity index (χ0v) is 12.1. The summed E-state index contributed by atoms with van der Waals surface area (Å²) in [6.45, 7) is 8.80. The van der Waals surface area contributed by atoms with Crippen molar-refractivity contribution in [1.29, 1.82) is 0 Å². The van der Waals surface area contributed by atoms with Crippen molar-refractivity contribution in [3.05, 3.63) is 44.0 Å².